The molecule has 1 saturated heterocycles. The summed E-state index contributed by atoms with van der Waals surface area (Å²) in [6, 6.07) is 17.6. The van der Waals surface area contributed by atoms with Crippen molar-refractivity contribution in [3.05, 3.63) is 60.2 Å². The molecule has 1 unspecified atom stereocenters. The summed E-state index contributed by atoms with van der Waals surface area (Å²) in [5.74, 6) is 1.60. The lowest BCUT2D eigenvalue weighted by Gasteiger charge is -2.22. The van der Waals surface area contributed by atoms with Crippen LogP contribution in [0.2, 0.25) is 0 Å². The molecule has 1 aliphatic heterocycles. The normalized spacial score (nSPS) is 14.8. The van der Waals surface area contributed by atoms with Crippen molar-refractivity contribution in [2.45, 2.75) is 23.2 Å². The van der Waals surface area contributed by atoms with Gasteiger partial charge in [-0.3, -0.25) is 4.79 Å². The first-order valence-electron chi connectivity index (χ1n) is 9.72. The Morgan fingerprint density at radius 1 is 1.03 bits per heavy atom. The van der Waals surface area contributed by atoms with Crippen molar-refractivity contribution >= 4 is 17.7 Å². The zero-order chi connectivity index (χ0) is 20.2. The van der Waals surface area contributed by atoms with Crippen LogP contribution in [0.15, 0.2) is 59.8 Å². The number of hydrogen-bond donors (Lipinski definition) is 0. The van der Waals surface area contributed by atoms with Gasteiger partial charge in [0.2, 0.25) is 5.91 Å². The van der Waals surface area contributed by atoms with Crippen molar-refractivity contribution in [3.8, 4) is 17.1 Å². The van der Waals surface area contributed by atoms with Crippen LogP contribution in [0.25, 0.3) is 11.4 Å². The van der Waals surface area contributed by atoms with Crippen LogP contribution in [-0.4, -0.2) is 45.8 Å². The van der Waals surface area contributed by atoms with Crippen molar-refractivity contribution in [2.75, 3.05) is 20.2 Å². The smallest absolute Gasteiger partial charge is 0.240 e. The summed E-state index contributed by atoms with van der Waals surface area (Å²) >= 11 is 1.45. The molecule has 3 aromatic rings. The van der Waals surface area contributed by atoms with Crippen molar-refractivity contribution in [1.82, 2.24) is 19.7 Å². The summed E-state index contributed by atoms with van der Waals surface area (Å²) in [6.07, 6.45) is 2.14. The van der Waals surface area contributed by atoms with Crippen LogP contribution in [0.5, 0.6) is 5.75 Å². The fourth-order valence-corrected chi connectivity index (χ4v) is 4.67. The van der Waals surface area contributed by atoms with E-state index in [1.807, 2.05) is 71.1 Å². The highest BCUT2D eigenvalue weighted by atomic mass is 32.2. The summed E-state index contributed by atoms with van der Waals surface area (Å²) in [5, 5.41) is 9.13. The highest BCUT2D eigenvalue weighted by molar-refractivity contribution is 8.00. The van der Waals surface area contributed by atoms with Gasteiger partial charge in [-0.1, -0.05) is 54.2 Å². The average molecular weight is 409 g/mol. The molecule has 1 atom stereocenters. The lowest BCUT2D eigenvalue weighted by molar-refractivity contribution is -0.129. The second kappa shape index (κ2) is 8.69. The van der Waals surface area contributed by atoms with Crippen LogP contribution >= 0.6 is 11.8 Å². The second-order valence-electron chi connectivity index (χ2n) is 7.01. The van der Waals surface area contributed by atoms with Crippen LogP contribution in [0.3, 0.4) is 0 Å². The van der Waals surface area contributed by atoms with Crippen LogP contribution < -0.4 is 4.74 Å². The molecule has 0 bridgehead atoms. The molecule has 150 valence electrons. The Morgan fingerprint density at radius 3 is 2.45 bits per heavy atom. The Labute approximate surface area is 174 Å². The van der Waals surface area contributed by atoms with Crippen molar-refractivity contribution < 1.29 is 9.53 Å². The van der Waals surface area contributed by atoms with Gasteiger partial charge < -0.3 is 14.2 Å². The molecule has 1 aromatic heterocycles. The monoisotopic (exact) mass is 408 g/mol. The minimum Gasteiger partial charge on any atom is -0.496 e. The molecule has 1 aliphatic rings. The lowest BCUT2D eigenvalue weighted by atomic mass is 10.1. The first-order chi connectivity index (χ1) is 14.2. The standard InChI is InChI=1S/C22H24N4O2S/c1-25-20(17-12-6-7-13-18(17)28-2)23-24-22(25)29-19(16-10-4-3-5-11-16)21(27)26-14-8-9-15-26/h3-7,10-13,19H,8-9,14-15H2,1-2H3. The van der Waals surface area contributed by atoms with E-state index in [9.17, 15) is 4.79 Å². The largest absolute Gasteiger partial charge is 0.496 e. The highest BCUT2D eigenvalue weighted by Crippen LogP contribution is 2.38. The predicted octanol–water partition coefficient (Wildman–Crippen LogP) is 3.95. The molecule has 0 spiro atoms. The second-order valence-corrected chi connectivity index (χ2v) is 8.08. The average Bonchev–Trinajstić information content (AvgIpc) is 3.42. The third-order valence-corrected chi connectivity index (χ3v) is 6.43. The molecule has 2 aromatic carbocycles. The molecule has 2 heterocycles. The fourth-order valence-electron chi connectivity index (χ4n) is 3.58. The summed E-state index contributed by atoms with van der Waals surface area (Å²) < 4.78 is 7.40. The van der Waals surface area contributed by atoms with Gasteiger partial charge >= 0.3 is 0 Å². The number of benzene rings is 2. The molecule has 0 N–H and O–H groups in total. The molecule has 7 heteroatoms. The molecule has 0 radical (unpaired) electrons. The van der Waals surface area contributed by atoms with Crippen LogP contribution in [0.4, 0.5) is 0 Å². The molecule has 29 heavy (non-hydrogen) atoms. The van der Waals surface area contributed by atoms with Crippen LogP contribution in [0.1, 0.15) is 23.7 Å². The number of likely N-dealkylation sites (tertiary alicyclic amines) is 1. The SMILES string of the molecule is COc1ccccc1-c1nnc(SC(C(=O)N2CCCC2)c2ccccc2)n1C. The van der Waals surface area contributed by atoms with Gasteiger partial charge in [-0.2, -0.15) is 0 Å². The third-order valence-electron chi connectivity index (χ3n) is 5.15. The van der Waals surface area contributed by atoms with E-state index in [-0.39, 0.29) is 11.2 Å². The van der Waals surface area contributed by atoms with Gasteiger partial charge in [0.15, 0.2) is 11.0 Å². The predicted molar refractivity (Wildman–Crippen MR) is 114 cm³/mol. The molecular formula is C22H24N4O2S. The molecule has 1 amide bonds. The molecule has 6 nitrogen and oxygen atoms in total. The van der Waals surface area contributed by atoms with E-state index >= 15 is 0 Å². The maximum atomic E-state index is 13.3. The lowest BCUT2D eigenvalue weighted by Crippen LogP contribution is -2.31. The van der Waals surface area contributed by atoms with Crippen LogP contribution in [-0.2, 0) is 11.8 Å². The number of carbonyl (C=O) groups excluding carboxylic acids is 1. The van der Waals surface area contributed by atoms with E-state index < -0.39 is 0 Å². The number of thioether (sulfide) groups is 1. The minimum atomic E-state index is -0.345. The van der Waals surface area contributed by atoms with Crippen molar-refractivity contribution in [3.63, 3.8) is 0 Å². The summed E-state index contributed by atoms with van der Waals surface area (Å²) in [7, 11) is 3.57. The number of para-hydroxylation sites is 1. The Morgan fingerprint density at radius 2 is 1.72 bits per heavy atom. The van der Waals surface area contributed by atoms with E-state index in [1.54, 1.807) is 7.11 Å². The van der Waals surface area contributed by atoms with Gasteiger partial charge in [0.1, 0.15) is 11.0 Å². The van der Waals surface area contributed by atoms with E-state index in [0.717, 1.165) is 42.8 Å². The first-order valence-corrected chi connectivity index (χ1v) is 10.6. The van der Waals surface area contributed by atoms with E-state index in [4.69, 9.17) is 4.74 Å². The number of aromatic nitrogens is 3. The van der Waals surface area contributed by atoms with Gasteiger partial charge in [0, 0.05) is 20.1 Å². The Balaban J connectivity index is 1.66. The van der Waals surface area contributed by atoms with Gasteiger partial charge in [-0.05, 0) is 30.5 Å². The molecule has 0 aliphatic carbocycles. The third kappa shape index (κ3) is 4.00. The van der Waals surface area contributed by atoms with Gasteiger partial charge in [-0.25, -0.2) is 0 Å². The maximum absolute atomic E-state index is 13.3. The molecular weight excluding hydrogens is 384 g/mol. The van der Waals surface area contributed by atoms with Gasteiger partial charge in [-0.15, -0.1) is 10.2 Å². The summed E-state index contributed by atoms with van der Waals surface area (Å²) in [5.41, 5.74) is 1.86. The number of nitrogens with zero attached hydrogens (tertiary/aromatic N) is 4. The number of carbonyl (C=O) groups is 1. The Bertz CT molecular complexity index is 983. The zero-order valence-electron chi connectivity index (χ0n) is 16.6. The first kappa shape index (κ1) is 19.5. The van der Waals surface area contributed by atoms with E-state index in [2.05, 4.69) is 10.2 Å². The number of amides is 1. The van der Waals surface area contributed by atoms with Gasteiger partial charge in [0.05, 0.1) is 12.7 Å². The summed E-state index contributed by atoms with van der Waals surface area (Å²) in [4.78, 5) is 15.2. The number of hydrogen-bond acceptors (Lipinski definition) is 5. The topological polar surface area (TPSA) is 60.3 Å². The Hall–Kier alpha value is -2.80. The van der Waals surface area contributed by atoms with Crippen molar-refractivity contribution in [1.29, 1.82) is 0 Å². The summed E-state index contributed by atoms with van der Waals surface area (Å²) in [6.45, 7) is 1.65. The quantitative estimate of drug-likeness (QED) is 0.578. The molecule has 0 saturated carbocycles. The van der Waals surface area contributed by atoms with Crippen molar-refractivity contribution in [2.24, 2.45) is 7.05 Å². The number of methoxy groups -OCH3 is 1. The molecule has 1 fully saturated rings. The van der Waals surface area contributed by atoms with E-state index in [1.165, 1.54) is 11.8 Å². The highest BCUT2D eigenvalue weighted by Gasteiger charge is 2.30. The van der Waals surface area contributed by atoms with E-state index in [0.29, 0.717) is 11.0 Å². The maximum Gasteiger partial charge on any atom is 0.240 e. The number of ether oxygens (including phenoxy) is 1. The Kier molecular flexibility index (Phi) is 5.85. The van der Waals surface area contributed by atoms with Crippen LogP contribution in [0, 0.1) is 0 Å². The fraction of sp³-hybridized carbons (Fsp3) is 0.318. The molecule has 4 rings (SSSR count). The van der Waals surface area contributed by atoms with Gasteiger partial charge in [0.25, 0.3) is 0 Å². The zero-order valence-corrected chi connectivity index (χ0v) is 17.4. The minimum absolute atomic E-state index is 0.139. The number of rotatable bonds is 6.